The van der Waals surface area contributed by atoms with Gasteiger partial charge in [-0.05, 0) is 166 Å². The molecule has 52 heavy (non-hydrogen) atoms. The fourth-order valence-electron chi connectivity index (χ4n) is 10.8. The number of rotatable bonds is 12. The molecule has 0 aromatic heterocycles. The van der Waals surface area contributed by atoms with Gasteiger partial charge in [-0.2, -0.15) is 0 Å². The molecule has 1 heterocycles. The molecule has 3 aliphatic carbocycles. The number of aryl methyl sites for hydroxylation is 1. The molecule has 5 heteroatoms. The maximum absolute atomic E-state index is 10.4. The van der Waals surface area contributed by atoms with Crippen molar-refractivity contribution in [1.82, 2.24) is 0 Å². The number of aliphatic hydroxyl groups excluding tert-OH is 2. The van der Waals surface area contributed by atoms with E-state index in [1.165, 1.54) is 68.1 Å². The molecule has 0 spiro atoms. The highest BCUT2D eigenvalue weighted by Gasteiger charge is 2.57. The van der Waals surface area contributed by atoms with Crippen LogP contribution in [0.5, 0.6) is 17.2 Å². The minimum atomic E-state index is -0.565. The van der Waals surface area contributed by atoms with Crippen LogP contribution in [0.25, 0.3) is 0 Å². The lowest BCUT2D eigenvalue weighted by molar-refractivity contribution is -0.0505. The summed E-state index contributed by atoms with van der Waals surface area (Å²) in [5.74, 6) is 5.91. The molecule has 2 saturated carbocycles. The molecule has 5 nitrogen and oxygen atoms in total. The van der Waals surface area contributed by atoms with Crippen molar-refractivity contribution in [1.29, 1.82) is 0 Å². The van der Waals surface area contributed by atoms with Gasteiger partial charge in [0, 0.05) is 5.56 Å². The second-order valence-corrected chi connectivity index (χ2v) is 19.0. The lowest BCUT2D eigenvalue weighted by Gasteiger charge is -2.49. The Morgan fingerprint density at radius 1 is 0.788 bits per heavy atom. The molecular weight excluding hydrogens is 645 g/mol. The molecule has 0 unspecified atom stereocenters. The van der Waals surface area contributed by atoms with E-state index in [9.17, 15) is 20.4 Å². The third-order valence-corrected chi connectivity index (χ3v) is 14.6. The van der Waals surface area contributed by atoms with Crippen LogP contribution < -0.4 is 4.74 Å². The summed E-state index contributed by atoms with van der Waals surface area (Å²) in [6.45, 7) is 20.1. The average Bonchev–Trinajstić information content (AvgIpc) is 3.33. The quantitative estimate of drug-likeness (QED) is 0.175. The van der Waals surface area contributed by atoms with Gasteiger partial charge >= 0.3 is 0 Å². The molecule has 4 aliphatic rings. The summed E-state index contributed by atoms with van der Waals surface area (Å²) < 4.78 is 6.60. The highest BCUT2D eigenvalue weighted by atomic mass is 16.5. The number of aliphatic hydroxyl groups is 2. The Labute approximate surface area is 317 Å². The Bertz CT molecular complexity index is 1500. The summed E-state index contributed by atoms with van der Waals surface area (Å²) in [7, 11) is 0. The monoisotopic (exact) mass is 719 g/mol. The predicted molar refractivity (Wildman–Crippen MR) is 215 cm³/mol. The van der Waals surface area contributed by atoms with E-state index in [0.717, 1.165) is 91.6 Å². The average molecular weight is 719 g/mol. The largest absolute Gasteiger partial charge is 0.508 e. The van der Waals surface area contributed by atoms with Gasteiger partial charge in [-0.3, -0.25) is 0 Å². The molecule has 0 amide bonds. The normalized spacial score (nSPS) is 30.3. The maximum Gasteiger partial charge on any atom is 0.127 e. The first-order valence-electron chi connectivity index (χ1n) is 21.2. The molecule has 4 N–H and O–H groups in total. The minimum Gasteiger partial charge on any atom is -0.508 e. The zero-order valence-electron chi connectivity index (χ0n) is 34.4. The fraction of sp³-hybridized carbons (Fsp3) is 0.745. The summed E-state index contributed by atoms with van der Waals surface area (Å²) in [5, 5.41) is 40.6. The maximum atomic E-state index is 10.4. The standard InChI is InChI=1S/C29H50O2.C18H24O3/c1-20(2)12-9-13-21(3)14-10-15-22(4)16-11-18-29(8)19-17-26-25(7)27(30)23(5)24(6)28(26)31-29;1-18-7-6-13-12-5-3-11(19)8-10(12)2-4-14(13)15(18)9-16(20)17(18)21/h20-22,30H,9-19H2,1-8H3;3,5,8,13-17,19-21H,2,4,6-7,9H2,1H3/t21-,22-,29-;13-,14-,15+,16-,17+,18+/m11/s1. The number of hydrogen-bond donors (Lipinski definition) is 4. The predicted octanol–water partition coefficient (Wildman–Crippen LogP) is 11.4. The molecule has 0 radical (unpaired) electrons. The molecule has 2 aromatic rings. The number of benzene rings is 2. The Hall–Kier alpha value is -2.24. The van der Waals surface area contributed by atoms with E-state index in [-0.39, 0.29) is 11.0 Å². The van der Waals surface area contributed by atoms with Gasteiger partial charge in [0.15, 0.2) is 0 Å². The molecule has 6 rings (SSSR count). The Morgan fingerprint density at radius 3 is 2.12 bits per heavy atom. The van der Waals surface area contributed by atoms with Crippen molar-refractivity contribution >= 4 is 0 Å². The second-order valence-electron chi connectivity index (χ2n) is 19.0. The first-order valence-corrected chi connectivity index (χ1v) is 21.2. The molecular formula is C47H74O5. The van der Waals surface area contributed by atoms with Crippen LogP contribution in [-0.4, -0.2) is 38.2 Å². The lowest BCUT2D eigenvalue weighted by Crippen LogP contribution is -2.44. The van der Waals surface area contributed by atoms with E-state index in [4.69, 9.17) is 4.74 Å². The topological polar surface area (TPSA) is 90.2 Å². The summed E-state index contributed by atoms with van der Waals surface area (Å²) in [5.41, 5.74) is 6.79. The van der Waals surface area contributed by atoms with E-state index < -0.39 is 12.2 Å². The van der Waals surface area contributed by atoms with Gasteiger partial charge in [-0.25, -0.2) is 0 Å². The van der Waals surface area contributed by atoms with E-state index >= 15 is 0 Å². The van der Waals surface area contributed by atoms with E-state index in [2.05, 4.69) is 54.5 Å². The van der Waals surface area contributed by atoms with Crippen molar-refractivity contribution in [2.24, 2.45) is 35.0 Å². The first kappa shape index (κ1) is 40.9. The van der Waals surface area contributed by atoms with Gasteiger partial charge in [0.1, 0.15) is 22.8 Å². The molecule has 2 aromatic carbocycles. The van der Waals surface area contributed by atoms with Crippen LogP contribution in [0.3, 0.4) is 0 Å². The van der Waals surface area contributed by atoms with Gasteiger partial charge in [-0.1, -0.05) is 85.6 Å². The third kappa shape index (κ3) is 8.99. The zero-order chi connectivity index (χ0) is 38.0. The van der Waals surface area contributed by atoms with E-state index in [1.54, 1.807) is 6.07 Å². The Kier molecular flexibility index (Phi) is 13.4. The van der Waals surface area contributed by atoms with Crippen molar-refractivity contribution in [3.05, 3.63) is 51.6 Å². The van der Waals surface area contributed by atoms with E-state index in [0.29, 0.717) is 29.3 Å². The molecule has 9 atom stereocenters. The van der Waals surface area contributed by atoms with Gasteiger partial charge in [-0.15, -0.1) is 0 Å². The highest BCUT2D eigenvalue weighted by Crippen LogP contribution is 2.61. The van der Waals surface area contributed by atoms with Gasteiger partial charge < -0.3 is 25.2 Å². The molecule has 292 valence electrons. The van der Waals surface area contributed by atoms with Gasteiger partial charge in [0.25, 0.3) is 0 Å². The SMILES string of the molecule is C[C@]12CC[C@@H]3c4ccc(O)cc4CC[C@H]3[C@@H]1C[C@@H](O)[C@@H]2O.Cc1c(C)c2c(c(C)c1O)CC[C@@](C)(CCC[C@H](C)CCC[C@H](C)CCCC(C)C)O2. The number of ether oxygens (including phenoxy) is 1. The van der Waals surface area contributed by atoms with Crippen molar-refractivity contribution in [2.75, 3.05) is 0 Å². The number of aromatic hydroxyl groups is 2. The second kappa shape index (κ2) is 17.1. The third-order valence-electron chi connectivity index (χ3n) is 14.6. The van der Waals surface area contributed by atoms with Crippen LogP contribution >= 0.6 is 0 Å². The first-order chi connectivity index (χ1) is 24.5. The zero-order valence-corrected chi connectivity index (χ0v) is 34.4. The molecule has 0 saturated heterocycles. The van der Waals surface area contributed by atoms with Crippen LogP contribution in [0.2, 0.25) is 0 Å². The van der Waals surface area contributed by atoms with Crippen molar-refractivity contribution in [2.45, 2.75) is 189 Å². The van der Waals surface area contributed by atoms with Crippen LogP contribution in [0.1, 0.15) is 171 Å². The summed E-state index contributed by atoms with van der Waals surface area (Å²) in [4.78, 5) is 0. The van der Waals surface area contributed by atoms with Crippen molar-refractivity contribution in [3.8, 4) is 17.2 Å². The smallest absolute Gasteiger partial charge is 0.127 e. The molecule has 1 aliphatic heterocycles. The van der Waals surface area contributed by atoms with Crippen LogP contribution in [-0.2, 0) is 12.8 Å². The summed E-state index contributed by atoms with van der Waals surface area (Å²) >= 11 is 0. The Balaban J connectivity index is 0.000000214. The van der Waals surface area contributed by atoms with Crippen LogP contribution in [0, 0.1) is 55.8 Å². The Morgan fingerprint density at radius 2 is 1.44 bits per heavy atom. The van der Waals surface area contributed by atoms with Gasteiger partial charge in [0.2, 0.25) is 0 Å². The molecule has 2 fully saturated rings. The fourth-order valence-corrected chi connectivity index (χ4v) is 10.8. The van der Waals surface area contributed by atoms with E-state index in [1.807, 2.05) is 19.9 Å². The van der Waals surface area contributed by atoms with Crippen LogP contribution in [0.15, 0.2) is 18.2 Å². The minimum absolute atomic E-state index is 0.0712. The molecule has 0 bridgehead atoms. The lowest BCUT2D eigenvalue weighted by atomic mass is 9.55. The highest BCUT2D eigenvalue weighted by molar-refractivity contribution is 5.58. The number of fused-ring (bicyclic) bond motifs is 6. The number of phenols is 2. The van der Waals surface area contributed by atoms with Crippen LogP contribution in [0.4, 0.5) is 0 Å². The van der Waals surface area contributed by atoms with Crippen molar-refractivity contribution in [3.63, 3.8) is 0 Å². The number of phenolic OH excluding ortho intramolecular Hbond substituents is 2. The number of hydrogen-bond acceptors (Lipinski definition) is 5. The van der Waals surface area contributed by atoms with Crippen molar-refractivity contribution < 1.29 is 25.2 Å². The van der Waals surface area contributed by atoms with Gasteiger partial charge in [0.05, 0.1) is 12.2 Å². The summed E-state index contributed by atoms with van der Waals surface area (Å²) in [6.07, 6.45) is 17.9. The summed E-state index contributed by atoms with van der Waals surface area (Å²) in [6, 6.07) is 5.80.